The fraction of sp³-hybridized carbons (Fsp3) is 0.133. The van der Waals surface area contributed by atoms with E-state index in [0.29, 0.717) is 18.0 Å². The normalized spacial score (nSPS) is 10.0. The summed E-state index contributed by atoms with van der Waals surface area (Å²) in [7, 11) is 0. The van der Waals surface area contributed by atoms with E-state index in [1.807, 2.05) is 19.1 Å². The summed E-state index contributed by atoms with van der Waals surface area (Å²) >= 11 is 0. The Hall–Kier alpha value is -2.33. The largest absolute Gasteiger partial charge is 0.519 e. The smallest absolute Gasteiger partial charge is 0.395 e. The lowest BCUT2D eigenvalue weighted by Crippen LogP contribution is -2.13. The van der Waals surface area contributed by atoms with Gasteiger partial charge in [0, 0.05) is 6.54 Å². The molecule has 0 heterocycles. The van der Waals surface area contributed by atoms with Gasteiger partial charge < -0.3 is 15.2 Å². The highest BCUT2D eigenvalue weighted by Crippen LogP contribution is 2.15. The van der Waals surface area contributed by atoms with Crippen molar-refractivity contribution in [2.24, 2.45) is 5.73 Å². The van der Waals surface area contributed by atoms with Crippen molar-refractivity contribution in [2.75, 3.05) is 0 Å². The maximum atomic E-state index is 11.6. The van der Waals surface area contributed by atoms with Crippen LogP contribution in [-0.4, -0.2) is 6.16 Å². The Bertz CT molecular complexity index is 547. The first-order valence-corrected chi connectivity index (χ1v) is 5.93. The summed E-state index contributed by atoms with van der Waals surface area (Å²) in [6, 6.07) is 14.1. The molecule has 2 rings (SSSR count). The van der Waals surface area contributed by atoms with Gasteiger partial charge in [-0.25, -0.2) is 4.79 Å². The average Bonchev–Trinajstić information content (AvgIpc) is 2.42. The molecule has 19 heavy (non-hydrogen) atoms. The third-order valence-electron chi connectivity index (χ3n) is 2.58. The Labute approximate surface area is 111 Å². The van der Waals surface area contributed by atoms with Crippen molar-refractivity contribution in [2.45, 2.75) is 13.5 Å². The molecular weight excluding hydrogens is 242 g/mol. The second-order valence-corrected chi connectivity index (χ2v) is 4.12. The van der Waals surface area contributed by atoms with Crippen molar-refractivity contribution in [1.82, 2.24) is 0 Å². The van der Waals surface area contributed by atoms with E-state index in [9.17, 15) is 4.79 Å². The molecule has 0 atom stereocenters. The number of benzene rings is 2. The van der Waals surface area contributed by atoms with Gasteiger partial charge in [0.25, 0.3) is 0 Å². The first-order valence-electron chi connectivity index (χ1n) is 5.93. The van der Waals surface area contributed by atoms with Crippen LogP contribution < -0.4 is 15.2 Å². The highest BCUT2D eigenvalue weighted by Gasteiger charge is 2.07. The monoisotopic (exact) mass is 257 g/mol. The van der Waals surface area contributed by atoms with Crippen LogP contribution in [0.1, 0.15) is 11.1 Å². The minimum absolute atomic E-state index is 0.425. The summed E-state index contributed by atoms with van der Waals surface area (Å²) in [5, 5.41) is 0. The SMILES string of the molecule is Cc1ccc(OC(=O)Oc2ccc(CN)cc2)cc1. The Balaban J connectivity index is 1.95. The zero-order chi connectivity index (χ0) is 13.7. The van der Waals surface area contributed by atoms with Crippen molar-refractivity contribution in [3.8, 4) is 11.5 Å². The second kappa shape index (κ2) is 6.02. The van der Waals surface area contributed by atoms with Crippen LogP contribution >= 0.6 is 0 Å². The van der Waals surface area contributed by atoms with Crippen molar-refractivity contribution in [3.05, 3.63) is 59.7 Å². The van der Waals surface area contributed by atoms with Gasteiger partial charge in [-0.15, -0.1) is 0 Å². The maximum Gasteiger partial charge on any atom is 0.519 e. The molecule has 0 radical (unpaired) electrons. The number of hydrogen-bond donors (Lipinski definition) is 1. The van der Waals surface area contributed by atoms with Crippen molar-refractivity contribution < 1.29 is 14.3 Å². The first-order chi connectivity index (χ1) is 9.17. The molecule has 2 N–H and O–H groups in total. The summed E-state index contributed by atoms with van der Waals surface area (Å²) in [5.41, 5.74) is 7.55. The van der Waals surface area contributed by atoms with Crippen LogP contribution in [0.2, 0.25) is 0 Å². The van der Waals surface area contributed by atoms with Crippen molar-refractivity contribution in [1.29, 1.82) is 0 Å². The van der Waals surface area contributed by atoms with Gasteiger partial charge in [0.05, 0.1) is 0 Å². The van der Waals surface area contributed by atoms with Crippen LogP contribution in [0.25, 0.3) is 0 Å². The molecule has 4 nitrogen and oxygen atoms in total. The molecule has 0 saturated carbocycles. The summed E-state index contributed by atoms with van der Waals surface area (Å²) in [4.78, 5) is 11.6. The molecule has 0 unspecified atom stereocenters. The van der Waals surface area contributed by atoms with Crippen molar-refractivity contribution >= 4 is 6.16 Å². The van der Waals surface area contributed by atoms with Gasteiger partial charge in [-0.1, -0.05) is 29.8 Å². The van der Waals surface area contributed by atoms with E-state index < -0.39 is 6.16 Å². The molecule has 2 aromatic carbocycles. The predicted molar refractivity (Wildman–Crippen MR) is 72.2 cm³/mol. The predicted octanol–water partition coefficient (Wildman–Crippen LogP) is 3.03. The van der Waals surface area contributed by atoms with E-state index in [1.54, 1.807) is 36.4 Å². The van der Waals surface area contributed by atoms with E-state index in [1.165, 1.54) is 0 Å². The summed E-state index contributed by atoms with van der Waals surface area (Å²) in [5.74, 6) is 0.878. The summed E-state index contributed by atoms with van der Waals surface area (Å²) in [6.07, 6.45) is -0.760. The minimum atomic E-state index is -0.760. The van der Waals surface area contributed by atoms with Crippen LogP contribution in [0.15, 0.2) is 48.5 Å². The zero-order valence-corrected chi connectivity index (χ0v) is 10.6. The number of ether oxygens (including phenoxy) is 2. The first kappa shape index (κ1) is 13.1. The van der Waals surface area contributed by atoms with Crippen LogP contribution in [0.3, 0.4) is 0 Å². The molecule has 0 aliphatic carbocycles. The van der Waals surface area contributed by atoms with E-state index in [4.69, 9.17) is 15.2 Å². The molecule has 0 saturated heterocycles. The highest BCUT2D eigenvalue weighted by atomic mass is 16.7. The number of hydrogen-bond acceptors (Lipinski definition) is 4. The fourth-order valence-electron chi connectivity index (χ4n) is 1.51. The van der Waals surface area contributed by atoms with Crippen molar-refractivity contribution in [3.63, 3.8) is 0 Å². The minimum Gasteiger partial charge on any atom is -0.395 e. The van der Waals surface area contributed by atoms with Crippen LogP contribution in [0, 0.1) is 6.92 Å². The average molecular weight is 257 g/mol. The van der Waals surface area contributed by atoms with Gasteiger partial charge in [-0.2, -0.15) is 0 Å². The zero-order valence-electron chi connectivity index (χ0n) is 10.6. The lowest BCUT2D eigenvalue weighted by molar-refractivity contribution is 0.152. The molecule has 2 aromatic rings. The molecule has 0 aliphatic rings. The van der Waals surface area contributed by atoms with Gasteiger partial charge in [0.1, 0.15) is 11.5 Å². The number of nitrogens with two attached hydrogens (primary N) is 1. The standard InChI is InChI=1S/C15H15NO3/c1-11-2-6-13(7-3-11)18-15(17)19-14-8-4-12(10-16)5-9-14/h2-9H,10,16H2,1H3. The third kappa shape index (κ3) is 3.82. The molecule has 0 amide bonds. The number of rotatable bonds is 3. The molecule has 4 heteroatoms. The maximum absolute atomic E-state index is 11.6. The fourth-order valence-corrected chi connectivity index (χ4v) is 1.51. The quantitative estimate of drug-likeness (QED) is 0.678. The Kier molecular flexibility index (Phi) is 4.15. The van der Waals surface area contributed by atoms with Crippen LogP contribution in [-0.2, 0) is 6.54 Å². The van der Waals surface area contributed by atoms with Gasteiger partial charge in [-0.05, 0) is 36.8 Å². The Morgan fingerprint density at radius 3 is 1.89 bits per heavy atom. The third-order valence-corrected chi connectivity index (χ3v) is 2.58. The topological polar surface area (TPSA) is 61.5 Å². The number of carbonyl (C=O) groups is 1. The molecule has 0 fully saturated rings. The highest BCUT2D eigenvalue weighted by molar-refractivity contribution is 5.67. The molecular formula is C15H15NO3. The molecule has 98 valence electrons. The summed E-state index contributed by atoms with van der Waals surface area (Å²) < 4.78 is 10.1. The van der Waals surface area contributed by atoms with E-state index >= 15 is 0 Å². The van der Waals surface area contributed by atoms with Gasteiger partial charge in [-0.3, -0.25) is 0 Å². The Morgan fingerprint density at radius 1 is 0.947 bits per heavy atom. The van der Waals surface area contributed by atoms with Gasteiger partial charge in [0.15, 0.2) is 0 Å². The summed E-state index contributed by atoms with van der Waals surface area (Å²) in [6.45, 7) is 2.41. The number of carbonyl (C=O) groups excluding carboxylic acids is 1. The van der Waals surface area contributed by atoms with Crippen LogP contribution in [0.4, 0.5) is 4.79 Å². The van der Waals surface area contributed by atoms with E-state index in [0.717, 1.165) is 11.1 Å². The van der Waals surface area contributed by atoms with E-state index in [2.05, 4.69) is 0 Å². The second-order valence-electron chi connectivity index (χ2n) is 4.12. The van der Waals surface area contributed by atoms with Gasteiger partial charge in [0.2, 0.25) is 0 Å². The van der Waals surface area contributed by atoms with E-state index in [-0.39, 0.29) is 0 Å². The van der Waals surface area contributed by atoms with Gasteiger partial charge >= 0.3 is 6.16 Å². The lowest BCUT2D eigenvalue weighted by Gasteiger charge is -2.06. The molecule has 0 aromatic heterocycles. The molecule has 0 spiro atoms. The Morgan fingerprint density at radius 2 is 1.42 bits per heavy atom. The van der Waals surface area contributed by atoms with Crippen LogP contribution in [0.5, 0.6) is 11.5 Å². The number of aryl methyl sites for hydroxylation is 1. The molecule has 0 bridgehead atoms. The molecule has 0 aliphatic heterocycles. The lowest BCUT2D eigenvalue weighted by atomic mass is 10.2.